The van der Waals surface area contributed by atoms with Crippen LogP contribution in [0.15, 0.2) is 21.7 Å². The summed E-state index contributed by atoms with van der Waals surface area (Å²) in [5.74, 6) is -0.0227. The van der Waals surface area contributed by atoms with Gasteiger partial charge in [-0.05, 0) is 24.3 Å². The van der Waals surface area contributed by atoms with E-state index < -0.39 is 10.8 Å². The van der Waals surface area contributed by atoms with Crippen molar-refractivity contribution in [2.75, 3.05) is 0 Å². The van der Waals surface area contributed by atoms with Crippen molar-refractivity contribution in [3.05, 3.63) is 17.5 Å². The summed E-state index contributed by atoms with van der Waals surface area (Å²) in [4.78, 5) is 0. The fourth-order valence-electron chi connectivity index (χ4n) is 2.20. The zero-order valence-electron chi connectivity index (χ0n) is 9.09. The second-order valence-electron chi connectivity index (χ2n) is 4.14. The lowest BCUT2D eigenvalue weighted by Crippen LogP contribution is -2.23. The predicted molar refractivity (Wildman–Crippen MR) is 66.7 cm³/mol. The first kappa shape index (κ1) is 11.8. The third kappa shape index (κ3) is 2.53. The molecule has 0 aliphatic heterocycles. The molecule has 0 radical (unpaired) electrons. The summed E-state index contributed by atoms with van der Waals surface area (Å²) in [7, 11) is -0.984. The van der Waals surface area contributed by atoms with Crippen molar-refractivity contribution < 1.29 is 4.21 Å². The van der Waals surface area contributed by atoms with E-state index in [2.05, 4.69) is 6.07 Å². The van der Waals surface area contributed by atoms with E-state index in [-0.39, 0.29) is 11.2 Å². The first-order valence-corrected chi connectivity index (χ1v) is 7.76. The average Bonchev–Trinajstić information content (AvgIpc) is 2.73. The third-order valence-electron chi connectivity index (χ3n) is 3.09. The zero-order valence-corrected chi connectivity index (χ0v) is 10.7. The van der Waals surface area contributed by atoms with Crippen molar-refractivity contribution in [1.29, 1.82) is 5.26 Å². The minimum atomic E-state index is -0.984. The molecule has 1 fully saturated rings. The molecule has 0 N–H and O–H groups in total. The lowest BCUT2D eigenvalue weighted by Gasteiger charge is -2.17. The van der Waals surface area contributed by atoms with Gasteiger partial charge in [0, 0.05) is 0 Å². The van der Waals surface area contributed by atoms with Gasteiger partial charge in [-0.15, -0.1) is 11.3 Å². The Labute approximate surface area is 103 Å². The van der Waals surface area contributed by atoms with Gasteiger partial charge in [0.2, 0.25) is 0 Å². The molecule has 0 aromatic carbocycles. The van der Waals surface area contributed by atoms with Crippen LogP contribution in [0.4, 0.5) is 0 Å². The van der Waals surface area contributed by atoms with Crippen LogP contribution < -0.4 is 0 Å². The fourth-order valence-corrected chi connectivity index (χ4v) is 4.96. The molecule has 1 aromatic rings. The molecule has 0 bridgehead atoms. The van der Waals surface area contributed by atoms with Gasteiger partial charge in [-0.3, -0.25) is 4.21 Å². The van der Waals surface area contributed by atoms with E-state index in [0.717, 1.165) is 29.9 Å². The molecule has 0 amide bonds. The Kier molecular flexibility index (Phi) is 4.14. The van der Waals surface area contributed by atoms with Crippen LogP contribution in [0.5, 0.6) is 0 Å². The van der Waals surface area contributed by atoms with Gasteiger partial charge in [0.25, 0.3) is 0 Å². The Morgan fingerprint density at radius 3 is 2.88 bits per heavy atom. The highest BCUT2D eigenvalue weighted by atomic mass is 32.2. The van der Waals surface area contributed by atoms with E-state index in [4.69, 9.17) is 5.26 Å². The Morgan fingerprint density at radius 2 is 2.19 bits per heavy atom. The Hall–Kier alpha value is -0.660. The van der Waals surface area contributed by atoms with E-state index in [0.29, 0.717) is 0 Å². The largest absolute Gasteiger partial charge is 0.253 e. The molecule has 3 unspecified atom stereocenters. The summed E-state index contributed by atoms with van der Waals surface area (Å²) < 4.78 is 13.3. The van der Waals surface area contributed by atoms with E-state index in [9.17, 15) is 4.21 Å². The first-order valence-electron chi connectivity index (χ1n) is 5.66. The van der Waals surface area contributed by atoms with Crippen LogP contribution >= 0.6 is 11.3 Å². The quantitative estimate of drug-likeness (QED) is 0.759. The predicted octanol–water partition coefficient (Wildman–Crippen LogP) is 3.33. The summed E-state index contributed by atoms with van der Waals surface area (Å²) in [6.45, 7) is 0. The number of hydrogen-bond donors (Lipinski definition) is 0. The molecule has 1 aliphatic carbocycles. The average molecular weight is 253 g/mol. The molecule has 2 nitrogen and oxygen atoms in total. The van der Waals surface area contributed by atoms with Gasteiger partial charge in [-0.25, -0.2) is 0 Å². The van der Waals surface area contributed by atoms with Crippen molar-refractivity contribution in [1.82, 2.24) is 0 Å². The molecule has 1 aliphatic rings. The summed E-state index contributed by atoms with van der Waals surface area (Å²) >= 11 is 1.53. The highest BCUT2D eigenvalue weighted by Gasteiger charge is 2.29. The summed E-state index contributed by atoms with van der Waals surface area (Å²) in [6.07, 6.45) is 5.24. The van der Waals surface area contributed by atoms with Crippen molar-refractivity contribution in [3.8, 4) is 6.07 Å². The molecular weight excluding hydrogens is 238 g/mol. The summed E-state index contributed by atoms with van der Waals surface area (Å²) in [5, 5.41) is 11.1. The smallest absolute Gasteiger partial charge is 0.0913 e. The molecule has 2 rings (SSSR count). The van der Waals surface area contributed by atoms with Crippen LogP contribution in [-0.4, -0.2) is 9.46 Å². The number of hydrogen-bond acceptors (Lipinski definition) is 3. The number of nitrogens with zero attached hydrogens (tertiary/aromatic N) is 1. The van der Waals surface area contributed by atoms with E-state index >= 15 is 0 Å². The summed E-state index contributed by atoms with van der Waals surface area (Å²) in [6, 6.07) is 6.19. The van der Waals surface area contributed by atoms with Crippen molar-refractivity contribution in [3.63, 3.8) is 0 Å². The topological polar surface area (TPSA) is 40.9 Å². The molecule has 1 heterocycles. The van der Waals surface area contributed by atoms with Gasteiger partial charge in [0.05, 0.1) is 32.2 Å². The minimum absolute atomic E-state index is 0.0227. The molecule has 1 aromatic heterocycles. The van der Waals surface area contributed by atoms with E-state index in [1.807, 2.05) is 17.5 Å². The number of nitriles is 1. The van der Waals surface area contributed by atoms with Crippen LogP contribution in [-0.2, 0) is 10.8 Å². The second-order valence-corrected chi connectivity index (χ2v) is 6.99. The van der Waals surface area contributed by atoms with Gasteiger partial charge < -0.3 is 0 Å². The maximum Gasteiger partial charge on any atom is 0.0913 e. The minimum Gasteiger partial charge on any atom is -0.253 e. The van der Waals surface area contributed by atoms with Crippen molar-refractivity contribution >= 4 is 22.1 Å². The van der Waals surface area contributed by atoms with E-state index in [1.165, 1.54) is 17.8 Å². The molecule has 86 valence electrons. The first-order chi connectivity index (χ1) is 7.83. The van der Waals surface area contributed by atoms with Gasteiger partial charge in [0.15, 0.2) is 0 Å². The molecule has 1 saturated carbocycles. The maximum absolute atomic E-state index is 12.4. The summed E-state index contributed by atoms with van der Waals surface area (Å²) in [5.41, 5.74) is 0. The SMILES string of the molecule is N#CC1CCCCCC1S(=O)c1cccs1. The maximum atomic E-state index is 12.4. The monoisotopic (exact) mass is 253 g/mol. The van der Waals surface area contributed by atoms with Gasteiger partial charge in [-0.2, -0.15) is 5.26 Å². The lowest BCUT2D eigenvalue weighted by atomic mass is 10.0. The lowest BCUT2D eigenvalue weighted by molar-refractivity contribution is 0.565. The van der Waals surface area contributed by atoms with Crippen LogP contribution in [0, 0.1) is 17.2 Å². The van der Waals surface area contributed by atoms with Crippen LogP contribution in [0.1, 0.15) is 32.1 Å². The van der Waals surface area contributed by atoms with Crippen LogP contribution in [0.25, 0.3) is 0 Å². The Bertz CT molecular complexity index is 394. The highest BCUT2D eigenvalue weighted by Crippen LogP contribution is 2.30. The number of rotatable bonds is 2. The third-order valence-corrected chi connectivity index (χ3v) is 6.18. The molecule has 3 atom stereocenters. The fraction of sp³-hybridized carbons (Fsp3) is 0.583. The Morgan fingerprint density at radius 1 is 1.38 bits per heavy atom. The van der Waals surface area contributed by atoms with Gasteiger partial charge in [-0.1, -0.05) is 25.3 Å². The second kappa shape index (κ2) is 5.60. The standard InChI is InChI=1S/C12H15NOS2/c13-9-10-5-2-1-3-6-11(10)16(14)12-7-4-8-15-12/h4,7-8,10-11H,1-3,5-6H2. The van der Waals surface area contributed by atoms with Crippen molar-refractivity contribution in [2.24, 2.45) is 5.92 Å². The molecule has 4 heteroatoms. The van der Waals surface area contributed by atoms with Crippen LogP contribution in [0.2, 0.25) is 0 Å². The number of thiophene rings is 1. The Balaban J connectivity index is 2.17. The zero-order chi connectivity index (χ0) is 11.4. The van der Waals surface area contributed by atoms with Gasteiger partial charge >= 0.3 is 0 Å². The van der Waals surface area contributed by atoms with Gasteiger partial charge in [0.1, 0.15) is 0 Å². The molecular formula is C12H15NOS2. The van der Waals surface area contributed by atoms with Crippen LogP contribution in [0.3, 0.4) is 0 Å². The molecule has 16 heavy (non-hydrogen) atoms. The molecule has 0 spiro atoms. The van der Waals surface area contributed by atoms with E-state index in [1.54, 1.807) is 0 Å². The molecule has 0 saturated heterocycles. The highest BCUT2D eigenvalue weighted by molar-refractivity contribution is 7.87. The van der Waals surface area contributed by atoms with Crippen molar-refractivity contribution in [2.45, 2.75) is 41.6 Å². The normalized spacial score (nSPS) is 27.9.